The summed E-state index contributed by atoms with van der Waals surface area (Å²) in [4.78, 5) is 25.3. The molecule has 1 aromatic heterocycles. The Labute approximate surface area is 190 Å². The molecule has 0 aliphatic rings. The minimum Gasteiger partial charge on any atom is -0.324 e. The number of nitrogens with one attached hydrogen (secondary N) is 2. The average molecular weight is 463 g/mol. The van der Waals surface area contributed by atoms with Gasteiger partial charge in [-0.2, -0.15) is 5.10 Å². The van der Waals surface area contributed by atoms with E-state index >= 15 is 0 Å². The molecule has 168 valence electrons. The quantitative estimate of drug-likeness (QED) is 0.456. The monoisotopic (exact) mass is 462 g/mol. The van der Waals surface area contributed by atoms with Crippen molar-refractivity contribution in [2.75, 3.05) is 10.0 Å². The molecule has 0 unspecified atom stereocenters. The second kappa shape index (κ2) is 8.87. The third-order valence-corrected chi connectivity index (χ3v) is 6.50. The Balaban J connectivity index is 1.45. The van der Waals surface area contributed by atoms with Crippen molar-refractivity contribution in [2.24, 2.45) is 0 Å². The first-order valence-corrected chi connectivity index (χ1v) is 11.7. The van der Waals surface area contributed by atoms with E-state index in [1.807, 2.05) is 19.1 Å². The van der Waals surface area contributed by atoms with Crippen LogP contribution >= 0.6 is 0 Å². The Kier molecular flexibility index (Phi) is 5.97. The van der Waals surface area contributed by atoms with Gasteiger partial charge in [0.25, 0.3) is 15.6 Å². The number of benzene rings is 3. The standard InChI is InChI=1S/C24H22N4O4S/c1-16-7-13-20(14-8-16)33(31,32)27-19-11-9-18(10-12-19)25-23(29)15-28-24(30)22-6-4-3-5-21(22)17(2)26-28/h3-14,27H,15H2,1-2H3,(H,25,29). The Hall–Kier alpha value is -3.98. The molecule has 4 rings (SSSR count). The van der Waals surface area contributed by atoms with E-state index in [-0.39, 0.29) is 17.0 Å². The molecule has 0 saturated heterocycles. The third-order valence-electron chi connectivity index (χ3n) is 5.10. The number of sulfonamides is 1. The Morgan fingerprint density at radius 3 is 2.15 bits per heavy atom. The first-order valence-electron chi connectivity index (χ1n) is 10.2. The number of amides is 1. The van der Waals surface area contributed by atoms with Crippen LogP contribution in [0, 0.1) is 13.8 Å². The van der Waals surface area contributed by atoms with Crippen LogP contribution < -0.4 is 15.6 Å². The number of nitrogens with zero attached hydrogens (tertiary/aromatic N) is 2. The van der Waals surface area contributed by atoms with Crippen LogP contribution in [0.3, 0.4) is 0 Å². The largest absolute Gasteiger partial charge is 0.324 e. The van der Waals surface area contributed by atoms with Gasteiger partial charge in [0.15, 0.2) is 0 Å². The lowest BCUT2D eigenvalue weighted by atomic mass is 10.1. The number of aryl methyl sites for hydroxylation is 2. The number of carbonyl (C=O) groups is 1. The lowest BCUT2D eigenvalue weighted by molar-refractivity contribution is -0.117. The van der Waals surface area contributed by atoms with Gasteiger partial charge in [0, 0.05) is 16.8 Å². The summed E-state index contributed by atoms with van der Waals surface area (Å²) in [5.41, 5.74) is 2.10. The highest BCUT2D eigenvalue weighted by atomic mass is 32.2. The molecule has 8 nitrogen and oxygen atoms in total. The first kappa shape index (κ1) is 22.2. The van der Waals surface area contributed by atoms with Crippen molar-refractivity contribution in [3.8, 4) is 0 Å². The Bertz CT molecular complexity index is 1490. The van der Waals surface area contributed by atoms with Crippen LogP contribution in [0.25, 0.3) is 10.8 Å². The van der Waals surface area contributed by atoms with Crippen LogP contribution in [0.1, 0.15) is 11.3 Å². The van der Waals surface area contributed by atoms with E-state index in [0.717, 1.165) is 15.6 Å². The molecule has 1 heterocycles. The number of rotatable bonds is 6. The molecule has 0 fully saturated rings. The maximum Gasteiger partial charge on any atom is 0.275 e. The van der Waals surface area contributed by atoms with Crippen molar-refractivity contribution in [1.82, 2.24) is 9.78 Å². The zero-order chi connectivity index (χ0) is 23.6. The minimum atomic E-state index is -3.72. The van der Waals surface area contributed by atoms with E-state index in [4.69, 9.17) is 0 Å². The molecule has 33 heavy (non-hydrogen) atoms. The molecular weight excluding hydrogens is 440 g/mol. The minimum absolute atomic E-state index is 0.161. The van der Waals surface area contributed by atoms with Crippen LogP contribution in [0.4, 0.5) is 11.4 Å². The Morgan fingerprint density at radius 1 is 0.879 bits per heavy atom. The predicted molar refractivity (Wildman–Crippen MR) is 128 cm³/mol. The Morgan fingerprint density at radius 2 is 1.48 bits per heavy atom. The van der Waals surface area contributed by atoms with Gasteiger partial charge >= 0.3 is 0 Å². The summed E-state index contributed by atoms with van der Waals surface area (Å²) in [6, 6.07) is 19.9. The molecule has 0 aliphatic heterocycles. The highest BCUT2D eigenvalue weighted by Crippen LogP contribution is 2.19. The summed E-state index contributed by atoms with van der Waals surface area (Å²) in [7, 11) is -3.72. The van der Waals surface area contributed by atoms with Gasteiger partial charge in [0.1, 0.15) is 6.54 Å². The fraction of sp³-hybridized carbons (Fsp3) is 0.125. The topological polar surface area (TPSA) is 110 Å². The molecule has 4 aromatic rings. The van der Waals surface area contributed by atoms with E-state index < -0.39 is 15.9 Å². The van der Waals surface area contributed by atoms with Crippen molar-refractivity contribution in [1.29, 1.82) is 0 Å². The van der Waals surface area contributed by atoms with E-state index in [1.54, 1.807) is 55.5 Å². The van der Waals surface area contributed by atoms with Gasteiger partial charge in [0.05, 0.1) is 16.0 Å². The summed E-state index contributed by atoms with van der Waals surface area (Å²) in [5, 5.41) is 8.19. The highest BCUT2D eigenvalue weighted by Gasteiger charge is 2.14. The van der Waals surface area contributed by atoms with Gasteiger partial charge in [-0.05, 0) is 56.3 Å². The second-order valence-corrected chi connectivity index (χ2v) is 9.32. The molecule has 0 atom stereocenters. The van der Waals surface area contributed by atoms with Gasteiger partial charge < -0.3 is 5.32 Å². The van der Waals surface area contributed by atoms with Crippen molar-refractivity contribution in [3.63, 3.8) is 0 Å². The summed E-state index contributed by atoms with van der Waals surface area (Å²) in [6.07, 6.45) is 0. The van der Waals surface area contributed by atoms with Crippen molar-refractivity contribution >= 4 is 38.1 Å². The molecule has 9 heteroatoms. The number of hydrogen-bond acceptors (Lipinski definition) is 5. The normalized spacial score (nSPS) is 11.3. The van der Waals surface area contributed by atoms with Gasteiger partial charge in [0.2, 0.25) is 5.91 Å². The van der Waals surface area contributed by atoms with E-state index in [0.29, 0.717) is 22.5 Å². The molecule has 0 bridgehead atoms. The van der Waals surface area contributed by atoms with E-state index in [9.17, 15) is 18.0 Å². The summed E-state index contributed by atoms with van der Waals surface area (Å²) >= 11 is 0. The zero-order valence-electron chi connectivity index (χ0n) is 18.1. The lowest BCUT2D eigenvalue weighted by Crippen LogP contribution is -2.30. The van der Waals surface area contributed by atoms with Gasteiger partial charge in [-0.15, -0.1) is 0 Å². The lowest BCUT2D eigenvalue weighted by Gasteiger charge is -2.11. The van der Waals surface area contributed by atoms with Gasteiger partial charge in [-0.25, -0.2) is 13.1 Å². The van der Waals surface area contributed by atoms with Crippen LogP contribution in [0.5, 0.6) is 0 Å². The van der Waals surface area contributed by atoms with E-state index in [1.165, 1.54) is 12.1 Å². The molecule has 3 aromatic carbocycles. The predicted octanol–water partition coefficient (Wildman–Crippen LogP) is 3.45. The summed E-state index contributed by atoms with van der Waals surface area (Å²) < 4.78 is 28.7. The maximum absolute atomic E-state index is 12.6. The molecule has 0 radical (unpaired) electrons. The average Bonchev–Trinajstić information content (AvgIpc) is 2.79. The first-order chi connectivity index (χ1) is 15.7. The number of aromatic nitrogens is 2. The van der Waals surface area contributed by atoms with Crippen LogP contribution in [-0.4, -0.2) is 24.1 Å². The van der Waals surface area contributed by atoms with Crippen LogP contribution in [0.15, 0.2) is 82.5 Å². The van der Waals surface area contributed by atoms with Crippen molar-refractivity contribution in [2.45, 2.75) is 25.3 Å². The third kappa shape index (κ3) is 4.93. The number of carbonyl (C=O) groups excluding carboxylic acids is 1. The molecule has 2 N–H and O–H groups in total. The maximum atomic E-state index is 12.6. The van der Waals surface area contributed by atoms with Gasteiger partial charge in [-0.1, -0.05) is 35.9 Å². The molecule has 1 amide bonds. The van der Waals surface area contributed by atoms with Crippen LogP contribution in [-0.2, 0) is 21.4 Å². The molecule has 0 saturated carbocycles. The zero-order valence-corrected chi connectivity index (χ0v) is 18.9. The fourth-order valence-corrected chi connectivity index (χ4v) is 4.46. The number of anilines is 2. The van der Waals surface area contributed by atoms with Gasteiger partial charge in [-0.3, -0.25) is 14.3 Å². The van der Waals surface area contributed by atoms with E-state index in [2.05, 4.69) is 15.1 Å². The summed E-state index contributed by atoms with van der Waals surface area (Å²) in [5.74, 6) is -0.424. The SMILES string of the molecule is Cc1ccc(S(=O)(=O)Nc2ccc(NC(=O)Cn3nc(C)c4ccccc4c3=O)cc2)cc1. The van der Waals surface area contributed by atoms with Crippen molar-refractivity contribution in [3.05, 3.63) is 94.4 Å². The number of fused-ring (bicyclic) bond motifs is 1. The number of hydrogen-bond donors (Lipinski definition) is 2. The second-order valence-electron chi connectivity index (χ2n) is 7.64. The smallest absolute Gasteiger partial charge is 0.275 e. The summed E-state index contributed by atoms with van der Waals surface area (Å²) in [6.45, 7) is 3.42. The molecular formula is C24H22N4O4S. The van der Waals surface area contributed by atoms with Crippen molar-refractivity contribution < 1.29 is 13.2 Å². The van der Waals surface area contributed by atoms with Crippen LogP contribution in [0.2, 0.25) is 0 Å². The molecule has 0 spiro atoms. The highest BCUT2D eigenvalue weighted by molar-refractivity contribution is 7.92. The fourth-order valence-electron chi connectivity index (χ4n) is 3.40. The molecule has 0 aliphatic carbocycles.